The van der Waals surface area contributed by atoms with Gasteiger partial charge < -0.3 is 9.15 Å². The Balaban J connectivity index is 2.46. The Morgan fingerprint density at radius 3 is 2.48 bits per heavy atom. The second kappa shape index (κ2) is 7.13. The molecule has 3 N–H and O–H groups in total. The van der Waals surface area contributed by atoms with Gasteiger partial charge in [-0.25, -0.2) is 15.1 Å². The van der Waals surface area contributed by atoms with Crippen LogP contribution in [0.25, 0.3) is 0 Å². The Labute approximate surface area is 147 Å². The number of aromatic amines is 1. The van der Waals surface area contributed by atoms with Gasteiger partial charge in [0.2, 0.25) is 0 Å². The van der Waals surface area contributed by atoms with Gasteiger partial charge in [-0.1, -0.05) is 0 Å². The number of furan rings is 1. The van der Waals surface area contributed by atoms with Crippen molar-refractivity contribution in [1.82, 2.24) is 5.32 Å². The van der Waals surface area contributed by atoms with E-state index < -0.39 is 29.5 Å². The number of H-pyrrole nitrogens is 1. The molecule has 0 radical (unpaired) electrons. The summed E-state index contributed by atoms with van der Waals surface area (Å²) in [5.41, 5.74) is -3.53. The number of carbonyl (C=O) groups excluding carboxylic acids is 2. The van der Waals surface area contributed by atoms with E-state index in [9.17, 15) is 22.8 Å². The lowest BCUT2D eigenvalue weighted by molar-refractivity contribution is -0.363. The predicted octanol–water partition coefficient (Wildman–Crippen LogP) is 2.13. The highest BCUT2D eigenvalue weighted by Gasteiger charge is 2.68. The molecule has 0 aliphatic rings. The van der Waals surface area contributed by atoms with E-state index in [-0.39, 0.29) is 5.82 Å². The Kier molecular flexibility index (Phi) is 5.36. The lowest BCUT2D eigenvalue weighted by Gasteiger charge is -2.30. The number of methoxy groups -OCH3 is 1. The van der Waals surface area contributed by atoms with Crippen molar-refractivity contribution in [2.45, 2.75) is 11.8 Å². The van der Waals surface area contributed by atoms with Crippen molar-refractivity contribution in [2.24, 2.45) is 0 Å². The Morgan fingerprint density at radius 1 is 1.28 bits per heavy atom. The fourth-order valence-electron chi connectivity index (χ4n) is 1.87. The largest absolute Gasteiger partial charge is 0.464 e. The molecule has 0 bridgehead atoms. The maximum atomic E-state index is 13.7. The Morgan fingerprint density at radius 2 is 2.00 bits per heavy atom. The van der Waals surface area contributed by atoms with Crippen LogP contribution < -0.4 is 15.6 Å². The van der Waals surface area contributed by atoms with Crippen LogP contribution in [0, 0.1) is 0 Å². The molecule has 134 valence electrons. The normalized spacial score (nSPS) is 13.6. The van der Waals surface area contributed by atoms with E-state index in [1.165, 1.54) is 24.4 Å². The van der Waals surface area contributed by atoms with E-state index in [0.29, 0.717) is 4.47 Å². The highest BCUT2D eigenvalue weighted by molar-refractivity contribution is 9.10. The number of nitrogens with one attached hydrogen (secondary N) is 3. The first kappa shape index (κ1) is 18.8. The van der Waals surface area contributed by atoms with E-state index in [1.807, 2.05) is 5.32 Å². The minimum Gasteiger partial charge on any atom is -0.464 e. The van der Waals surface area contributed by atoms with Crippen molar-refractivity contribution in [3.8, 4) is 0 Å². The number of esters is 1. The summed E-state index contributed by atoms with van der Waals surface area (Å²) in [6.45, 7) is 0. The summed E-state index contributed by atoms with van der Waals surface area (Å²) in [5.74, 6) is -3.60. The van der Waals surface area contributed by atoms with Crippen LogP contribution in [-0.2, 0) is 9.53 Å². The summed E-state index contributed by atoms with van der Waals surface area (Å²) in [6, 6.07) is 5.15. The van der Waals surface area contributed by atoms with Crippen LogP contribution in [0.4, 0.5) is 19.0 Å². The number of ether oxygens (including phenoxy) is 1. The number of halogens is 4. The second-order valence-electron chi connectivity index (χ2n) is 4.72. The number of alkyl halides is 3. The molecule has 0 saturated carbocycles. The number of rotatable bonds is 5. The van der Waals surface area contributed by atoms with Crippen LogP contribution >= 0.6 is 15.9 Å². The number of amides is 1. The summed E-state index contributed by atoms with van der Waals surface area (Å²) < 4.78 is 50.8. The average molecular weight is 423 g/mol. The maximum Gasteiger partial charge on any atom is 0.464 e. The van der Waals surface area contributed by atoms with Gasteiger partial charge in [0.05, 0.1) is 17.8 Å². The van der Waals surface area contributed by atoms with Crippen molar-refractivity contribution < 1.29 is 36.9 Å². The van der Waals surface area contributed by atoms with Gasteiger partial charge in [0.15, 0.2) is 5.76 Å². The molecule has 7 nitrogen and oxygen atoms in total. The third-order valence-electron chi connectivity index (χ3n) is 3.06. The third kappa shape index (κ3) is 3.92. The highest BCUT2D eigenvalue weighted by atomic mass is 79.9. The number of hydrogen-bond acceptors (Lipinski definition) is 5. The first-order valence-electron chi connectivity index (χ1n) is 6.66. The van der Waals surface area contributed by atoms with Crippen molar-refractivity contribution in [3.63, 3.8) is 0 Å². The SMILES string of the molecule is COC(=O)[C@](NC(=O)c1ccco1)(Nc1ccc(Br)c[nH+]1)C(F)(F)F. The monoisotopic (exact) mass is 422 g/mol. The van der Waals surface area contributed by atoms with E-state index in [1.54, 1.807) is 5.32 Å². The Hall–Kier alpha value is -2.56. The van der Waals surface area contributed by atoms with Gasteiger partial charge in [-0.15, -0.1) is 0 Å². The van der Waals surface area contributed by atoms with Gasteiger partial charge in [0, 0.05) is 6.07 Å². The first-order valence-corrected chi connectivity index (χ1v) is 7.45. The van der Waals surface area contributed by atoms with E-state index in [4.69, 9.17) is 4.42 Å². The molecule has 0 unspecified atom stereocenters. The van der Waals surface area contributed by atoms with Gasteiger partial charge >= 0.3 is 17.8 Å². The minimum atomic E-state index is -5.23. The van der Waals surface area contributed by atoms with Gasteiger partial charge in [0.1, 0.15) is 6.20 Å². The van der Waals surface area contributed by atoms with E-state index in [2.05, 4.69) is 25.7 Å². The van der Waals surface area contributed by atoms with E-state index in [0.717, 1.165) is 19.4 Å². The number of pyridine rings is 1. The molecule has 2 aromatic heterocycles. The predicted molar refractivity (Wildman–Crippen MR) is 81.3 cm³/mol. The molecule has 0 aliphatic heterocycles. The smallest absolute Gasteiger partial charge is 0.464 e. The number of anilines is 1. The number of carbonyl (C=O) groups is 2. The van der Waals surface area contributed by atoms with Gasteiger partial charge in [-0.05, 0) is 34.1 Å². The van der Waals surface area contributed by atoms with Crippen LogP contribution in [0.3, 0.4) is 0 Å². The molecule has 0 aliphatic carbocycles. The quantitative estimate of drug-likeness (QED) is 0.568. The van der Waals surface area contributed by atoms with Crippen LogP contribution in [0.1, 0.15) is 10.6 Å². The number of aromatic nitrogens is 1. The minimum absolute atomic E-state index is 0.189. The molecule has 0 saturated heterocycles. The molecule has 2 aromatic rings. The standard InChI is InChI=1S/C14H11BrF3N3O4/c1-24-12(23)13(14(16,17)18,20-10-5-4-8(15)7-19-10)21-11(22)9-3-2-6-25-9/h2-7H,1H3,(H,19,20)(H,21,22)/p+1/t13-/m1/s1. The average Bonchev–Trinajstić information content (AvgIpc) is 3.09. The van der Waals surface area contributed by atoms with Gasteiger partial charge in [0.25, 0.3) is 11.7 Å². The molecule has 1 atom stereocenters. The fourth-order valence-corrected chi connectivity index (χ4v) is 2.12. The van der Waals surface area contributed by atoms with Crippen molar-refractivity contribution in [2.75, 3.05) is 12.4 Å². The fraction of sp³-hybridized carbons (Fsp3) is 0.214. The summed E-state index contributed by atoms with van der Waals surface area (Å²) in [4.78, 5) is 26.6. The zero-order valence-corrected chi connectivity index (χ0v) is 14.2. The van der Waals surface area contributed by atoms with Crippen molar-refractivity contribution in [3.05, 3.63) is 47.0 Å². The molecule has 0 spiro atoms. The summed E-state index contributed by atoms with van der Waals surface area (Å²) in [5, 5.41) is 3.57. The topological polar surface area (TPSA) is 94.7 Å². The molecular weight excluding hydrogens is 411 g/mol. The van der Waals surface area contributed by atoms with Crippen LogP contribution in [0.2, 0.25) is 0 Å². The van der Waals surface area contributed by atoms with Crippen LogP contribution in [0.5, 0.6) is 0 Å². The first-order chi connectivity index (χ1) is 11.7. The summed E-state index contributed by atoms with van der Waals surface area (Å²) in [6.07, 6.45) is -2.78. The zero-order chi connectivity index (χ0) is 18.7. The lowest BCUT2D eigenvalue weighted by atomic mass is 10.1. The molecular formula is C14H12BrF3N3O4+. The van der Waals surface area contributed by atoms with Crippen LogP contribution in [-0.4, -0.2) is 30.8 Å². The molecule has 0 fully saturated rings. The van der Waals surface area contributed by atoms with Crippen molar-refractivity contribution in [1.29, 1.82) is 0 Å². The summed E-state index contributed by atoms with van der Waals surface area (Å²) in [7, 11) is 0.773. The second-order valence-corrected chi connectivity index (χ2v) is 5.63. The number of hydrogen-bond donors (Lipinski definition) is 2. The van der Waals surface area contributed by atoms with Crippen LogP contribution in [0.15, 0.2) is 45.6 Å². The van der Waals surface area contributed by atoms with E-state index >= 15 is 0 Å². The maximum absolute atomic E-state index is 13.7. The lowest BCUT2D eigenvalue weighted by Crippen LogP contribution is -2.69. The van der Waals surface area contributed by atoms with Crippen molar-refractivity contribution >= 4 is 33.6 Å². The molecule has 2 heterocycles. The highest BCUT2D eigenvalue weighted by Crippen LogP contribution is 2.32. The molecule has 25 heavy (non-hydrogen) atoms. The third-order valence-corrected chi connectivity index (χ3v) is 3.55. The molecule has 2 rings (SSSR count). The zero-order valence-electron chi connectivity index (χ0n) is 12.6. The summed E-state index contributed by atoms with van der Waals surface area (Å²) >= 11 is 3.12. The molecule has 0 aromatic carbocycles. The molecule has 11 heteroatoms. The molecule has 1 amide bonds. The Bertz CT molecular complexity index is 750. The van der Waals surface area contributed by atoms with Gasteiger partial charge in [-0.3, -0.25) is 10.1 Å². The van der Waals surface area contributed by atoms with Gasteiger partial charge in [-0.2, -0.15) is 13.2 Å².